The Morgan fingerprint density at radius 2 is 2.14 bits per heavy atom. The number of hydrogen-bond donors (Lipinski definition) is 2. The molecule has 9 heteroatoms. The van der Waals surface area contributed by atoms with E-state index >= 15 is 0 Å². The molecule has 0 aliphatic carbocycles. The zero-order valence-electron chi connectivity index (χ0n) is 10.3. The fourth-order valence-electron chi connectivity index (χ4n) is 1.81. The zero-order chi connectivity index (χ0) is 15.0. The lowest BCUT2D eigenvalue weighted by atomic mass is 10.4. The Hall–Kier alpha value is -2.84. The average molecular weight is 295 g/mol. The van der Waals surface area contributed by atoms with E-state index in [2.05, 4.69) is 15.4 Å². The summed E-state index contributed by atoms with van der Waals surface area (Å²) in [6, 6.07) is 5.89. The molecule has 0 atom stereocenters. The van der Waals surface area contributed by atoms with E-state index in [0.717, 1.165) is 6.07 Å². The molecule has 0 bridgehead atoms. The third-order valence-corrected chi connectivity index (χ3v) is 2.77. The molecule has 0 aliphatic heterocycles. The van der Waals surface area contributed by atoms with Gasteiger partial charge in [0.25, 0.3) is 5.91 Å². The number of nitrogens with zero attached hydrogens (tertiary/aromatic N) is 3. The summed E-state index contributed by atoms with van der Waals surface area (Å²) in [6.45, 7) is 0. The maximum atomic E-state index is 12.4. The molecule has 0 aliphatic rings. The quantitative estimate of drug-likeness (QED) is 0.762. The first-order chi connectivity index (χ1) is 9.95. The maximum Gasteiger partial charge on any atom is 0.432 e. The molecule has 0 saturated carbocycles. The van der Waals surface area contributed by atoms with Gasteiger partial charge in [0, 0.05) is 12.3 Å². The molecule has 3 heterocycles. The fraction of sp³-hybridized carbons (Fsp3) is 0.0833. The standard InChI is InChI=1S/C12H8F3N5O/c13-12(14,15)8-5-9(19-18-8)17-11(21)7-6-16-10-3-1-2-4-20(7)10/h1-6H,(H2,17,18,19,21). The van der Waals surface area contributed by atoms with Crippen LogP contribution in [0.3, 0.4) is 0 Å². The van der Waals surface area contributed by atoms with Crippen LogP contribution in [0.2, 0.25) is 0 Å². The first-order valence-electron chi connectivity index (χ1n) is 5.81. The molecule has 0 radical (unpaired) electrons. The summed E-state index contributed by atoms with van der Waals surface area (Å²) in [5, 5.41) is 7.51. The number of fused-ring (bicyclic) bond motifs is 1. The summed E-state index contributed by atoms with van der Waals surface area (Å²) in [4.78, 5) is 16.1. The highest BCUT2D eigenvalue weighted by Gasteiger charge is 2.33. The van der Waals surface area contributed by atoms with Crippen molar-refractivity contribution in [2.75, 3.05) is 5.32 Å². The Labute approximate surface area is 115 Å². The molecule has 0 aromatic carbocycles. The van der Waals surface area contributed by atoms with Gasteiger partial charge in [-0.3, -0.25) is 14.3 Å². The van der Waals surface area contributed by atoms with Gasteiger partial charge in [0.05, 0.1) is 6.20 Å². The highest BCUT2D eigenvalue weighted by molar-refractivity contribution is 6.02. The Balaban J connectivity index is 1.85. The number of amides is 1. The predicted molar refractivity (Wildman–Crippen MR) is 66.7 cm³/mol. The van der Waals surface area contributed by atoms with Crippen LogP contribution in [0.25, 0.3) is 5.65 Å². The van der Waals surface area contributed by atoms with Gasteiger partial charge in [0.1, 0.15) is 17.0 Å². The Morgan fingerprint density at radius 1 is 1.33 bits per heavy atom. The topological polar surface area (TPSA) is 75.1 Å². The molecule has 1 amide bonds. The average Bonchev–Trinajstić information content (AvgIpc) is 3.03. The third-order valence-electron chi connectivity index (χ3n) is 2.77. The minimum absolute atomic E-state index is 0.196. The predicted octanol–water partition coefficient (Wildman–Crippen LogP) is 2.33. The molecule has 3 aromatic rings. The van der Waals surface area contributed by atoms with Crippen molar-refractivity contribution in [1.82, 2.24) is 19.6 Å². The zero-order valence-corrected chi connectivity index (χ0v) is 10.3. The van der Waals surface area contributed by atoms with Gasteiger partial charge >= 0.3 is 6.18 Å². The van der Waals surface area contributed by atoms with Crippen LogP contribution in [-0.4, -0.2) is 25.5 Å². The SMILES string of the molecule is O=C(Nc1cc(C(F)(F)F)[nH]n1)c1cnc2ccccn12. The first-order valence-corrected chi connectivity index (χ1v) is 5.81. The van der Waals surface area contributed by atoms with E-state index in [1.165, 1.54) is 10.6 Å². The molecule has 2 N–H and O–H groups in total. The third kappa shape index (κ3) is 2.45. The van der Waals surface area contributed by atoms with Crippen LogP contribution in [0.15, 0.2) is 36.7 Å². The number of nitrogens with one attached hydrogen (secondary N) is 2. The highest BCUT2D eigenvalue weighted by atomic mass is 19.4. The van der Waals surface area contributed by atoms with E-state index in [0.29, 0.717) is 5.65 Å². The number of halogens is 3. The number of aromatic nitrogens is 4. The van der Waals surface area contributed by atoms with Crippen molar-refractivity contribution in [3.8, 4) is 0 Å². The summed E-state index contributed by atoms with van der Waals surface area (Å²) >= 11 is 0. The summed E-state index contributed by atoms with van der Waals surface area (Å²) in [5.74, 6) is -0.813. The van der Waals surface area contributed by atoms with E-state index in [4.69, 9.17) is 0 Å². The number of aromatic amines is 1. The monoisotopic (exact) mass is 295 g/mol. The summed E-state index contributed by atoms with van der Waals surface area (Å²) in [6.07, 6.45) is -1.58. The molecule has 0 saturated heterocycles. The van der Waals surface area contributed by atoms with E-state index < -0.39 is 17.8 Å². The van der Waals surface area contributed by atoms with Crippen molar-refractivity contribution in [1.29, 1.82) is 0 Å². The van der Waals surface area contributed by atoms with Gasteiger partial charge in [0.15, 0.2) is 5.82 Å². The van der Waals surface area contributed by atoms with Crippen LogP contribution >= 0.6 is 0 Å². The van der Waals surface area contributed by atoms with E-state index in [-0.39, 0.29) is 11.5 Å². The van der Waals surface area contributed by atoms with Gasteiger partial charge in [-0.25, -0.2) is 4.98 Å². The number of hydrogen-bond acceptors (Lipinski definition) is 3. The van der Waals surface area contributed by atoms with Gasteiger partial charge in [-0.2, -0.15) is 18.3 Å². The van der Waals surface area contributed by atoms with Crippen LogP contribution in [0.5, 0.6) is 0 Å². The van der Waals surface area contributed by atoms with Crippen molar-refractivity contribution in [3.05, 3.63) is 48.0 Å². The lowest BCUT2D eigenvalue weighted by Crippen LogP contribution is -2.14. The van der Waals surface area contributed by atoms with Gasteiger partial charge < -0.3 is 5.32 Å². The minimum atomic E-state index is -4.54. The van der Waals surface area contributed by atoms with E-state index in [1.807, 2.05) is 5.10 Å². The lowest BCUT2D eigenvalue weighted by Gasteiger charge is -2.02. The molecular formula is C12H8F3N5O. The molecule has 3 rings (SSSR count). The number of carbonyl (C=O) groups is 1. The molecular weight excluding hydrogens is 287 g/mol. The van der Waals surface area contributed by atoms with Gasteiger partial charge in [-0.15, -0.1) is 0 Å². The second-order valence-corrected chi connectivity index (χ2v) is 4.19. The number of pyridine rings is 1. The lowest BCUT2D eigenvalue weighted by molar-refractivity contribution is -0.141. The van der Waals surface area contributed by atoms with Crippen LogP contribution in [-0.2, 0) is 6.18 Å². The van der Waals surface area contributed by atoms with Crippen molar-refractivity contribution < 1.29 is 18.0 Å². The molecule has 0 unspecified atom stereocenters. The van der Waals surface area contributed by atoms with Gasteiger partial charge in [0.2, 0.25) is 0 Å². The summed E-state index contributed by atoms with van der Waals surface area (Å²) in [7, 11) is 0. The number of alkyl halides is 3. The second kappa shape index (κ2) is 4.62. The van der Waals surface area contributed by atoms with Crippen LogP contribution in [0, 0.1) is 0 Å². The van der Waals surface area contributed by atoms with Crippen LogP contribution in [0.1, 0.15) is 16.2 Å². The number of imidazole rings is 1. The van der Waals surface area contributed by atoms with Gasteiger partial charge in [-0.1, -0.05) is 6.07 Å². The fourth-order valence-corrected chi connectivity index (χ4v) is 1.81. The van der Waals surface area contributed by atoms with Crippen molar-refractivity contribution in [2.24, 2.45) is 0 Å². The van der Waals surface area contributed by atoms with Gasteiger partial charge in [-0.05, 0) is 12.1 Å². The molecule has 0 spiro atoms. The smallest absolute Gasteiger partial charge is 0.304 e. The maximum absolute atomic E-state index is 12.4. The van der Waals surface area contributed by atoms with Crippen LogP contribution < -0.4 is 5.32 Å². The minimum Gasteiger partial charge on any atom is -0.304 e. The Bertz CT molecular complexity index is 804. The molecule has 0 fully saturated rings. The number of carbonyl (C=O) groups excluding carboxylic acids is 1. The summed E-state index contributed by atoms with van der Waals surface area (Å²) in [5.41, 5.74) is -0.279. The van der Waals surface area contributed by atoms with Crippen molar-refractivity contribution in [2.45, 2.75) is 6.18 Å². The van der Waals surface area contributed by atoms with Crippen LogP contribution in [0.4, 0.5) is 19.0 Å². The molecule has 21 heavy (non-hydrogen) atoms. The van der Waals surface area contributed by atoms with Crippen molar-refractivity contribution >= 4 is 17.4 Å². The molecule has 6 nitrogen and oxygen atoms in total. The Kier molecular flexibility index (Phi) is 2.89. The van der Waals surface area contributed by atoms with E-state index in [1.54, 1.807) is 24.4 Å². The normalized spacial score (nSPS) is 11.8. The highest BCUT2D eigenvalue weighted by Crippen LogP contribution is 2.28. The Morgan fingerprint density at radius 3 is 2.86 bits per heavy atom. The molecule has 3 aromatic heterocycles. The summed E-state index contributed by atoms with van der Waals surface area (Å²) < 4.78 is 38.8. The number of anilines is 1. The molecule has 108 valence electrons. The number of H-pyrrole nitrogens is 1. The van der Waals surface area contributed by atoms with E-state index in [9.17, 15) is 18.0 Å². The van der Waals surface area contributed by atoms with Crippen molar-refractivity contribution in [3.63, 3.8) is 0 Å². The first kappa shape index (κ1) is 13.2. The largest absolute Gasteiger partial charge is 0.432 e. The second-order valence-electron chi connectivity index (χ2n) is 4.19. The number of rotatable bonds is 2.